The molecule has 1 aromatic rings. The minimum Gasteiger partial charge on any atom is -0.351 e. The highest BCUT2D eigenvalue weighted by atomic mass is 16.2. The van der Waals surface area contributed by atoms with Gasteiger partial charge in [0.15, 0.2) is 0 Å². The van der Waals surface area contributed by atoms with E-state index in [1.807, 2.05) is 12.1 Å². The summed E-state index contributed by atoms with van der Waals surface area (Å²) in [6, 6.07) is 10.7. The lowest BCUT2D eigenvalue weighted by molar-refractivity contribution is -0.132. The molecule has 3 heteroatoms. The quantitative estimate of drug-likeness (QED) is 0.859. The molecular formula is C15H16N2O. The Hall–Kier alpha value is -1.82. The molecule has 92 valence electrons. The number of rotatable bonds is 2. The lowest BCUT2D eigenvalue weighted by atomic mass is 9.69. The molecule has 1 N–H and O–H groups in total. The van der Waals surface area contributed by atoms with Crippen LogP contribution in [0.25, 0.3) is 0 Å². The summed E-state index contributed by atoms with van der Waals surface area (Å²) in [6.07, 6.45) is 4.21. The maximum absolute atomic E-state index is 12.2. The summed E-state index contributed by atoms with van der Waals surface area (Å²) in [5.74, 6) is -0.0611. The van der Waals surface area contributed by atoms with E-state index in [1.165, 1.54) is 11.1 Å². The summed E-state index contributed by atoms with van der Waals surface area (Å²) in [6.45, 7) is 0. The van der Waals surface area contributed by atoms with Crippen molar-refractivity contribution in [1.82, 2.24) is 5.32 Å². The average Bonchev–Trinajstić information content (AvgIpc) is 2.70. The highest BCUT2D eigenvalue weighted by molar-refractivity contribution is 5.86. The molecule has 2 aliphatic rings. The predicted octanol–water partition coefficient (Wildman–Crippen LogP) is 1.96. The second-order valence-corrected chi connectivity index (χ2v) is 5.39. The Morgan fingerprint density at radius 1 is 1.28 bits per heavy atom. The van der Waals surface area contributed by atoms with E-state index >= 15 is 0 Å². The Morgan fingerprint density at radius 3 is 2.33 bits per heavy atom. The number of carbonyl (C=O) groups excluding carboxylic acids is 1. The van der Waals surface area contributed by atoms with Crippen LogP contribution in [0.2, 0.25) is 0 Å². The number of nitrogens with one attached hydrogen (secondary N) is 1. The zero-order valence-electron chi connectivity index (χ0n) is 10.3. The number of benzene rings is 1. The Bertz CT molecular complexity index is 501. The highest BCUT2D eigenvalue weighted by Crippen LogP contribution is 2.40. The van der Waals surface area contributed by atoms with Crippen molar-refractivity contribution in [2.45, 2.75) is 38.1 Å². The minimum atomic E-state index is -0.727. The molecule has 1 aromatic carbocycles. The predicted molar refractivity (Wildman–Crippen MR) is 67.7 cm³/mol. The third-order valence-electron chi connectivity index (χ3n) is 4.24. The zero-order valence-corrected chi connectivity index (χ0v) is 10.3. The lowest BCUT2D eigenvalue weighted by Crippen LogP contribution is -2.48. The van der Waals surface area contributed by atoms with Crippen LogP contribution in [0, 0.1) is 16.7 Å². The molecule has 0 atom stereocenters. The first-order valence-corrected chi connectivity index (χ1v) is 6.52. The number of hydrogen-bond donors (Lipinski definition) is 1. The van der Waals surface area contributed by atoms with Gasteiger partial charge in [0, 0.05) is 6.04 Å². The topological polar surface area (TPSA) is 52.9 Å². The minimum absolute atomic E-state index is 0.0611. The fourth-order valence-electron chi connectivity index (χ4n) is 2.90. The fraction of sp³-hybridized carbons (Fsp3) is 0.467. The molecule has 3 nitrogen and oxygen atoms in total. The van der Waals surface area contributed by atoms with Crippen LogP contribution in [0.4, 0.5) is 0 Å². The van der Waals surface area contributed by atoms with Crippen molar-refractivity contribution in [3.63, 3.8) is 0 Å². The standard InChI is InChI=1S/C15H16N2O/c16-10-15(6-3-7-15)14(18)17-13-8-11-4-1-2-5-12(11)9-13/h1-2,4-5,13H,3,6-9H2,(H,17,18). The Morgan fingerprint density at radius 2 is 1.89 bits per heavy atom. The number of hydrogen-bond acceptors (Lipinski definition) is 2. The zero-order chi connectivity index (χ0) is 12.6. The molecule has 0 unspecified atom stereocenters. The fourth-order valence-corrected chi connectivity index (χ4v) is 2.90. The van der Waals surface area contributed by atoms with Crippen LogP contribution in [0.5, 0.6) is 0 Å². The molecule has 0 spiro atoms. The van der Waals surface area contributed by atoms with E-state index < -0.39 is 5.41 Å². The average molecular weight is 240 g/mol. The highest BCUT2D eigenvalue weighted by Gasteiger charge is 2.45. The van der Waals surface area contributed by atoms with Gasteiger partial charge >= 0.3 is 0 Å². The number of nitriles is 1. The van der Waals surface area contributed by atoms with Gasteiger partial charge < -0.3 is 5.32 Å². The molecule has 1 fully saturated rings. The van der Waals surface area contributed by atoms with Gasteiger partial charge in [0.05, 0.1) is 6.07 Å². The van der Waals surface area contributed by atoms with Crippen LogP contribution in [0.1, 0.15) is 30.4 Å². The summed E-state index contributed by atoms with van der Waals surface area (Å²) in [7, 11) is 0. The normalized spacial score (nSPS) is 20.6. The summed E-state index contributed by atoms with van der Waals surface area (Å²) in [5, 5.41) is 12.2. The molecule has 3 rings (SSSR count). The molecule has 2 aliphatic carbocycles. The number of carbonyl (C=O) groups is 1. The molecule has 18 heavy (non-hydrogen) atoms. The third kappa shape index (κ3) is 1.69. The molecule has 0 aromatic heterocycles. The van der Waals surface area contributed by atoms with Gasteiger partial charge in [-0.25, -0.2) is 0 Å². The van der Waals surface area contributed by atoms with Crippen molar-refractivity contribution in [1.29, 1.82) is 5.26 Å². The lowest BCUT2D eigenvalue weighted by Gasteiger charge is -2.34. The molecule has 0 radical (unpaired) electrons. The number of amides is 1. The number of nitrogens with zero attached hydrogens (tertiary/aromatic N) is 1. The van der Waals surface area contributed by atoms with E-state index in [2.05, 4.69) is 23.5 Å². The Kier molecular flexibility index (Phi) is 2.59. The van der Waals surface area contributed by atoms with Crippen molar-refractivity contribution >= 4 is 5.91 Å². The van der Waals surface area contributed by atoms with Gasteiger partial charge in [-0.1, -0.05) is 24.3 Å². The first kappa shape index (κ1) is 11.3. The summed E-state index contributed by atoms with van der Waals surface area (Å²) < 4.78 is 0. The van der Waals surface area contributed by atoms with Crippen LogP contribution in [-0.4, -0.2) is 11.9 Å². The largest absolute Gasteiger partial charge is 0.351 e. The first-order chi connectivity index (χ1) is 8.73. The summed E-state index contributed by atoms with van der Waals surface area (Å²) in [4.78, 5) is 12.2. The van der Waals surface area contributed by atoms with E-state index in [4.69, 9.17) is 5.26 Å². The van der Waals surface area contributed by atoms with Crippen molar-refractivity contribution in [3.8, 4) is 6.07 Å². The maximum atomic E-state index is 12.2. The first-order valence-electron chi connectivity index (χ1n) is 6.52. The van der Waals surface area contributed by atoms with Gasteiger partial charge in [0.1, 0.15) is 5.41 Å². The molecular weight excluding hydrogens is 224 g/mol. The van der Waals surface area contributed by atoms with Crippen molar-refractivity contribution < 1.29 is 4.79 Å². The van der Waals surface area contributed by atoms with E-state index in [1.54, 1.807) is 0 Å². The second-order valence-electron chi connectivity index (χ2n) is 5.39. The van der Waals surface area contributed by atoms with Crippen LogP contribution in [-0.2, 0) is 17.6 Å². The Labute approximate surface area is 107 Å². The smallest absolute Gasteiger partial charge is 0.240 e. The van der Waals surface area contributed by atoms with Gasteiger partial charge in [-0.15, -0.1) is 0 Å². The van der Waals surface area contributed by atoms with Crippen molar-refractivity contribution in [3.05, 3.63) is 35.4 Å². The van der Waals surface area contributed by atoms with Gasteiger partial charge in [0.2, 0.25) is 5.91 Å². The van der Waals surface area contributed by atoms with E-state index in [0.29, 0.717) is 0 Å². The van der Waals surface area contributed by atoms with Gasteiger partial charge in [-0.3, -0.25) is 4.79 Å². The molecule has 0 bridgehead atoms. The van der Waals surface area contributed by atoms with Crippen LogP contribution in [0.3, 0.4) is 0 Å². The van der Waals surface area contributed by atoms with E-state index in [9.17, 15) is 4.79 Å². The SMILES string of the molecule is N#CC1(C(=O)NC2Cc3ccccc3C2)CCC1. The Balaban J connectivity index is 1.67. The van der Waals surface area contributed by atoms with E-state index in [-0.39, 0.29) is 11.9 Å². The van der Waals surface area contributed by atoms with Gasteiger partial charge in [0.25, 0.3) is 0 Å². The van der Waals surface area contributed by atoms with Crippen molar-refractivity contribution in [2.24, 2.45) is 5.41 Å². The van der Waals surface area contributed by atoms with E-state index in [0.717, 1.165) is 32.1 Å². The van der Waals surface area contributed by atoms with Crippen molar-refractivity contribution in [2.75, 3.05) is 0 Å². The maximum Gasteiger partial charge on any atom is 0.240 e. The molecule has 0 aliphatic heterocycles. The molecule has 1 saturated carbocycles. The summed E-state index contributed by atoms with van der Waals surface area (Å²) in [5.41, 5.74) is 1.92. The molecule has 0 saturated heterocycles. The monoisotopic (exact) mass is 240 g/mol. The van der Waals surface area contributed by atoms with Gasteiger partial charge in [-0.05, 0) is 43.2 Å². The second kappa shape index (κ2) is 4.13. The third-order valence-corrected chi connectivity index (χ3v) is 4.24. The van der Waals surface area contributed by atoms with Crippen LogP contribution >= 0.6 is 0 Å². The summed E-state index contributed by atoms with van der Waals surface area (Å²) >= 11 is 0. The number of fused-ring (bicyclic) bond motifs is 1. The molecule has 0 heterocycles. The molecule has 1 amide bonds. The van der Waals surface area contributed by atoms with Gasteiger partial charge in [-0.2, -0.15) is 5.26 Å². The van der Waals surface area contributed by atoms with Crippen LogP contribution < -0.4 is 5.32 Å². The van der Waals surface area contributed by atoms with Crippen LogP contribution in [0.15, 0.2) is 24.3 Å².